The fraction of sp³-hybridized carbons (Fsp3) is 0.455. The first-order valence-corrected chi connectivity index (χ1v) is 5.48. The molecule has 3 N–H and O–H groups in total. The van der Waals surface area contributed by atoms with Gasteiger partial charge in [0.05, 0.1) is 0 Å². The van der Waals surface area contributed by atoms with Crippen molar-refractivity contribution in [3.63, 3.8) is 0 Å². The largest absolute Gasteiger partial charge is 0.326 e. The Morgan fingerprint density at radius 3 is 2.93 bits per heavy atom. The third kappa shape index (κ3) is 2.14. The number of benzene rings is 1. The molecule has 0 saturated carbocycles. The fourth-order valence-electron chi connectivity index (χ4n) is 2.11. The SMILES string of the molecule is NC1CNCCC1c1c(F)cccc1Cl. The Bertz CT molecular complexity index is 336. The van der Waals surface area contributed by atoms with E-state index in [1.165, 1.54) is 6.07 Å². The van der Waals surface area contributed by atoms with Crippen molar-refractivity contribution >= 4 is 11.6 Å². The lowest BCUT2D eigenvalue weighted by atomic mass is 9.86. The average Bonchev–Trinajstić information content (AvgIpc) is 2.20. The van der Waals surface area contributed by atoms with Crippen molar-refractivity contribution in [2.75, 3.05) is 13.1 Å². The molecule has 1 fully saturated rings. The first-order chi connectivity index (χ1) is 7.20. The van der Waals surface area contributed by atoms with Crippen LogP contribution in [0.25, 0.3) is 0 Å². The molecule has 2 rings (SSSR count). The summed E-state index contributed by atoms with van der Waals surface area (Å²) in [6, 6.07) is 4.71. The van der Waals surface area contributed by atoms with Crippen molar-refractivity contribution < 1.29 is 4.39 Å². The van der Waals surface area contributed by atoms with Gasteiger partial charge >= 0.3 is 0 Å². The molecule has 2 nitrogen and oxygen atoms in total. The third-order valence-electron chi connectivity index (χ3n) is 2.90. The summed E-state index contributed by atoms with van der Waals surface area (Å²) in [5.74, 6) is -0.218. The summed E-state index contributed by atoms with van der Waals surface area (Å²) >= 11 is 6.01. The van der Waals surface area contributed by atoms with Gasteiger partial charge in [-0.15, -0.1) is 0 Å². The van der Waals surface area contributed by atoms with Crippen LogP contribution >= 0.6 is 11.6 Å². The minimum Gasteiger partial charge on any atom is -0.326 e. The molecule has 0 spiro atoms. The van der Waals surface area contributed by atoms with Gasteiger partial charge in [-0.3, -0.25) is 0 Å². The van der Waals surface area contributed by atoms with Gasteiger partial charge in [0.15, 0.2) is 0 Å². The number of piperidine rings is 1. The maximum Gasteiger partial charge on any atom is 0.128 e. The van der Waals surface area contributed by atoms with E-state index in [2.05, 4.69) is 5.32 Å². The van der Waals surface area contributed by atoms with Gasteiger partial charge in [0.1, 0.15) is 5.82 Å². The molecule has 15 heavy (non-hydrogen) atoms. The second kappa shape index (κ2) is 4.47. The summed E-state index contributed by atoms with van der Waals surface area (Å²) in [5, 5.41) is 3.67. The van der Waals surface area contributed by atoms with Gasteiger partial charge in [-0.25, -0.2) is 4.39 Å². The first kappa shape index (κ1) is 10.9. The zero-order valence-corrected chi connectivity index (χ0v) is 9.10. The molecule has 1 aliphatic heterocycles. The lowest BCUT2D eigenvalue weighted by molar-refractivity contribution is 0.392. The molecule has 0 aromatic heterocycles. The molecule has 1 aliphatic rings. The topological polar surface area (TPSA) is 38.0 Å². The van der Waals surface area contributed by atoms with Gasteiger partial charge in [-0.2, -0.15) is 0 Å². The average molecular weight is 229 g/mol. The second-order valence-corrected chi connectivity index (χ2v) is 4.31. The summed E-state index contributed by atoms with van der Waals surface area (Å²) in [5.41, 5.74) is 6.54. The van der Waals surface area contributed by atoms with E-state index in [9.17, 15) is 4.39 Å². The first-order valence-electron chi connectivity index (χ1n) is 5.10. The highest BCUT2D eigenvalue weighted by Crippen LogP contribution is 2.32. The van der Waals surface area contributed by atoms with Crippen molar-refractivity contribution in [3.05, 3.63) is 34.6 Å². The van der Waals surface area contributed by atoms with E-state index in [4.69, 9.17) is 17.3 Å². The summed E-state index contributed by atoms with van der Waals surface area (Å²) in [7, 11) is 0. The monoisotopic (exact) mass is 228 g/mol. The standard InChI is InChI=1S/C11H14ClFN2/c12-8-2-1-3-9(13)11(8)7-4-5-15-6-10(7)14/h1-3,7,10,15H,4-6,14H2. The molecule has 1 heterocycles. The maximum absolute atomic E-state index is 13.6. The van der Waals surface area contributed by atoms with Crippen molar-refractivity contribution in [2.24, 2.45) is 5.73 Å². The number of hydrogen-bond donors (Lipinski definition) is 2. The van der Waals surface area contributed by atoms with Crippen LogP contribution in [0.15, 0.2) is 18.2 Å². The number of nitrogens with two attached hydrogens (primary N) is 1. The number of rotatable bonds is 1. The van der Waals surface area contributed by atoms with E-state index in [-0.39, 0.29) is 17.8 Å². The highest BCUT2D eigenvalue weighted by Gasteiger charge is 2.27. The van der Waals surface area contributed by atoms with Crippen LogP contribution in [0, 0.1) is 5.82 Å². The Kier molecular flexibility index (Phi) is 3.24. The van der Waals surface area contributed by atoms with E-state index >= 15 is 0 Å². The molecule has 1 aromatic carbocycles. The molecule has 0 aliphatic carbocycles. The Labute approximate surface area is 93.6 Å². The predicted molar refractivity (Wildman–Crippen MR) is 59.6 cm³/mol. The van der Waals surface area contributed by atoms with Crippen molar-refractivity contribution in [1.29, 1.82) is 0 Å². The Morgan fingerprint density at radius 2 is 2.27 bits per heavy atom. The predicted octanol–water partition coefficient (Wildman–Crippen LogP) is 1.88. The molecule has 0 bridgehead atoms. The van der Waals surface area contributed by atoms with Gasteiger partial charge in [-0.1, -0.05) is 17.7 Å². The zero-order chi connectivity index (χ0) is 10.8. The molecule has 0 radical (unpaired) electrons. The lowest BCUT2D eigenvalue weighted by Crippen LogP contribution is -2.45. The second-order valence-electron chi connectivity index (χ2n) is 3.90. The van der Waals surface area contributed by atoms with E-state index in [0.29, 0.717) is 10.6 Å². The summed E-state index contributed by atoms with van der Waals surface area (Å²) in [4.78, 5) is 0. The van der Waals surface area contributed by atoms with Crippen LogP contribution in [0.2, 0.25) is 5.02 Å². The molecule has 1 aromatic rings. The van der Waals surface area contributed by atoms with Crippen molar-refractivity contribution in [2.45, 2.75) is 18.4 Å². The van der Waals surface area contributed by atoms with E-state index < -0.39 is 0 Å². The Balaban J connectivity index is 2.35. The molecule has 0 amide bonds. The third-order valence-corrected chi connectivity index (χ3v) is 3.23. The smallest absolute Gasteiger partial charge is 0.128 e. The molecular weight excluding hydrogens is 215 g/mol. The summed E-state index contributed by atoms with van der Waals surface area (Å²) in [6.07, 6.45) is 0.835. The highest BCUT2D eigenvalue weighted by atomic mass is 35.5. The number of halogens is 2. The molecule has 1 saturated heterocycles. The number of hydrogen-bond acceptors (Lipinski definition) is 2. The number of nitrogens with one attached hydrogen (secondary N) is 1. The van der Waals surface area contributed by atoms with Crippen LogP contribution < -0.4 is 11.1 Å². The lowest BCUT2D eigenvalue weighted by Gasteiger charge is -2.30. The van der Waals surface area contributed by atoms with E-state index in [1.807, 2.05) is 0 Å². The van der Waals surface area contributed by atoms with E-state index in [1.54, 1.807) is 12.1 Å². The van der Waals surface area contributed by atoms with Gasteiger partial charge in [-0.05, 0) is 25.1 Å². The Morgan fingerprint density at radius 1 is 1.47 bits per heavy atom. The summed E-state index contributed by atoms with van der Waals surface area (Å²) < 4.78 is 13.6. The van der Waals surface area contributed by atoms with Crippen LogP contribution in [0.3, 0.4) is 0 Å². The molecule has 2 atom stereocenters. The van der Waals surface area contributed by atoms with Crippen LogP contribution in [0.1, 0.15) is 17.9 Å². The van der Waals surface area contributed by atoms with Crippen LogP contribution in [-0.4, -0.2) is 19.1 Å². The van der Waals surface area contributed by atoms with Gasteiger partial charge in [0.25, 0.3) is 0 Å². The fourth-order valence-corrected chi connectivity index (χ4v) is 2.41. The molecule has 4 heteroatoms. The van der Waals surface area contributed by atoms with Crippen LogP contribution in [0.5, 0.6) is 0 Å². The van der Waals surface area contributed by atoms with Gasteiger partial charge < -0.3 is 11.1 Å². The van der Waals surface area contributed by atoms with Crippen molar-refractivity contribution in [3.8, 4) is 0 Å². The van der Waals surface area contributed by atoms with E-state index in [0.717, 1.165) is 19.5 Å². The Hall–Kier alpha value is -0.640. The minimum atomic E-state index is -0.246. The zero-order valence-electron chi connectivity index (χ0n) is 8.34. The van der Waals surface area contributed by atoms with Crippen molar-refractivity contribution in [1.82, 2.24) is 5.32 Å². The highest BCUT2D eigenvalue weighted by molar-refractivity contribution is 6.31. The summed E-state index contributed by atoms with van der Waals surface area (Å²) in [6.45, 7) is 1.58. The quantitative estimate of drug-likeness (QED) is 0.771. The normalized spacial score (nSPS) is 26.6. The maximum atomic E-state index is 13.6. The van der Waals surface area contributed by atoms with Crippen LogP contribution in [0.4, 0.5) is 4.39 Å². The minimum absolute atomic E-state index is 0.0277. The molecule has 2 unspecified atom stereocenters. The van der Waals surface area contributed by atoms with Gasteiger partial charge in [0, 0.05) is 29.1 Å². The molecular formula is C11H14ClFN2. The molecule has 82 valence electrons. The van der Waals surface area contributed by atoms with Gasteiger partial charge in [0.2, 0.25) is 0 Å². The van der Waals surface area contributed by atoms with Crippen LogP contribution in [-0.2, 0) is 0 Å².